The second kappa shape index (κ2) is 18.6. The van der Waals surface area contributed by atoms with Crippen LogP contribution in [0.1, 0.15) is 131 Å². The van der Waals surface area contributed by atoms with Crippen molar-refractivity contribution in [1.82, 2.24) is 20.3 Å². The topological polar surface area (TPSA) is 248 Å². The maximum atomic E-state index is 14.7. The standard InChI is InChI=1S/C53H75N5O12/c1-29(59)55-40-43(63)42(62)36(28-67-46-44(64)41(61)35(60)27-66-46)69-45(40)70-39-15-16-50(6)37(49(39,4)5)14-17-52(8)38(50)13-12-33-34-23-48(2,3)18-20-53(34,21-19-51(33,52)7)47(65)68-26-31-25-58(57-56-31)32-11-9-10-30(22-32)24-54/h9-12,22,25,34-46,60-64H,13-21,23,26-28H2,1-8H3,(H,55,59)/t34-,35-,36+,37-,38+,39-,40+,41-,42+,43+,44-,45-,46-,50-,51+,52+,53-/m0/s1. The molecular weight excluding hydrogens is 899 g/mol. The Morgan fingerprint density at radius 2 is 1.67 bits per heavy atom. The van der Waals surface area contributed by atoms with E-state index < -0.39 is 66.6 Å². The van der Waals surface area contributed by atoms with E-state index in [1.165, 1.54) is 12.5 Å². The number of aliphatic hydroxyl groups is 5. The van der Waals surface area contributed by atoms with Crippen LogP contribution in [0.2, 0.25) is 0 Å². The van der Waals surface area contributed by atoms with Crippen LogP contribution in [-0.2, 0) is 39.9 Å². The lowest BCUT2D eigenvalue weighted by molar-refractivity contribution is -0.322. The molecule has 0 radical (unpaired) electrons. The Balaban J connectivity index is 0.925. The van der Waals surface area contributed by atoms with Crippen molar-refractivity contribution in [3.63, 3.8) is 0 Å². The first-order chi connectivity index (χ1) is 33.0. The van der Waals surface area contributed by atoms with Crippen LogP contribution in [0.3, 0.4) is 0 Å². The Morgan fingerprint density at radius 3 is 2.41 bits per heavy atom. The Bertz CT molecular complexity index is 2370. The van der Waals surface area contributed by atoms with E-state index in [-0.39, 0.29) is 70.8 Å². The molecule has 17 nitrogen and oxygen atoms in total. The maximum Gasteiger partial charge on any atom is 0.313 e. The van der Waals surface area contributed by atoms with E-state index in [1.807, 2.05) is 6.07 Å². The fourth-order valence-electron chi connectivity index (χ4n) is 15.2. The Kier molecular flexibility index (Phi) is 13.6. The number of nitrogens with one attached hydrogen (secondary N) is 1. The molecule has 6 fully saturated rings. The van der Waals surface area contributed by atoms with Crippen molar-refractivity contribution in [2.45, 2.75) is 188 Å². The van der Waals surface area contributed by atoms with E-state index in [0.29, 0.717) is 29.3 Å². The number of hydrogen-bond donors (Lipinski definition) is 6. The van der Waals surface area contributed by atoms with Crippen LogP contribution < -0.4 is 5.32 Å². The zero-order valence-electron chi connectivity index (χ0n) is 42.0. The highest BCUT2D eigenvalue weighted by Gasteiger charge is 2.70. The zero-order valence-corrected chi connectivity index (χ0v) is 42.0. The molecule has 9 rings (SSSR count). The van der Waals surface area contributed by atoms with Crippen LogP contribution in [0, 0.1) is 61.6 Å². The molecule has 1 amide bonds. The van der Waals surface area contributed by atoms with Crippen LogP contribution in [0.4, 0.5) is 0 Å². The number of fused-ring (bicyclic) bond motifs is 7. The summed E-state index contributed by atoms with van der Waals surface area (Å²) in [5.74, 6) is 0.0740. The van der Waals surface area contributed by atoms with E-state index in [1.54, 1.807) is 29.1 Å². The number of hydrogen-bond acceptors (Lipinski definition) is 15. The fraction of sp³-hybridized carbons (Fsp3) is 0.755. The van der Waals surface area contributed by atoms with Gasteiger partial charge in [0.25, 0.3) is 0 Å². The summed E-state index contributed by atoms with van der Waals surface area (Å²) < 4.78 is 32.3. The number of aromatic nitrogens is 3. The van der Waals surface area contributed by atoms with Gasteiger partial charge in [-0.3, -0.25) is 9.59 Å². The molecule has 0 unspecified atom stereocenters. The Labute approximate surface area is 411 Å². The van der Waals surface area contributed by atoms with Crippen molar-refractivity contribution >= 4 is 11.9 Å². The highest BCUT2D eigenvalue weighted by Crippen LogP contribution is 2.76. The number of ether oxygens (including phenoxy) is 5. The molecule has 6 N–H and O–H groups in total. The lowest BCUT2D eigenvalue weighted by Gasteiger charge is -2.71. The minimum Gasteiger partial charge on any atom is -0.459 e. The van der Waals surface area contributed by atoms with Crippen LogP contribution in [-0.4, -0.2) is 127 Å². The molecule has 0 bridgehead atoms. The Hall–Kier alpha value is -3.83. The van der Waals surface area contributed by atoms with Crippen LogP contribution in [0.5, 0.6) is 0 Å². The summed E-state index contributed by atoms with van der Waals surface area (Å²) in [6.07, 6.45) is 1.73. The lowest BCUT2D eigenvalue weighted by atomic mass is 9.33. The van der Waals surface area contributed by atoms with Crippen molar-refractivity contribution in [2.24, 2.45) is 50.2 Å². The van der Waals surface area contributed by atoms with Gasteiger partial charge in [0.1, 0.15) is 55.0 Å². The van der Waals surface area contributed by atoms with Crippen LogP contribution in [0.25, 0.3) is 5.69 Å². The van der Waals surface area contributed by atoms with Crippen molar-refractivity contribution in [3.05, 3.63) is 53.4 Å². The molecule has 70 heavy (non-hydrogen) atoms. The first-order valence-corrected chi connectivity index (χ1v) is 25.5. The largest absolute Gasteiger partial charge is 0.459 e. The second-order valence-electron chi connectivity index (χ2n) is 24.1. The smallest absolute Gasteiger partial charge is 0.313 e. The quantitative estimate of drug-likeness (QED) is 0.107. The number of allylic oxidation sites excluding steroid dienone is 2. The summed E-state index contributed by atoms with van der Waals surface area (Å²) >= 11 is 0. The van der Waals surface area contributed by atoms with Gasteiger partial charge in [0.2, 0.25) is 5.91 Å². The van der Waals surface area contributed by atoms with E-state index in [4.69, 9.17) is 23.7 Å². The summed E-state index contributed by atoms with van der Waals surface area (Å²) in [7, 11) is 0. The molecule has 5 aliphatic carbocycles. The van der Waals surface area contributed by atoms with Crippen molar-refractivity contribution in [3.8, 4) is 11.8 Å². The molecule has 384 valence electrons. The van der Waals surface area contributed by atoms with Crippen molar-refractivity contribution in [2.75, 3.05) is 13.2 Å². The number of benzene rings is 1. The fourth-order valence-corrected chi connectivity index (χ4v) is 15.2. The third-order valence-electron chi connectivity index (χ3n) is 19.4. The van der Waals surface area contributed by atoms with Crippen LogP contribution >= 0.6 is 0 Å². The molecule has 2 aliphatic heterocycles. The van der Waals surface area contributed by atoms with E-state index in [2.05, 4.69) is 76.2 Å². The van der Waals surface area contributed by atoms with Crippen LogP contribution in [0.15, 0.2) is 42.1 Å². The predicted octanol–water partition coefficient (Wildman–Crippen LogP) is 4.78. The number of amides is 1. The lowest BCUT2D eigenvalue weighted by Crippen LogP contribution is -2.67. The van der Waals surface area contributed by atoms with E-state index in [0.717, 1.165) is 57.8 Å². The van der Waals surface area contributed by atoms with Gasteiger partial charge in [-0.2, -0.15) is 5.26 Å². The van der Waals surface area contributed by atoms with Gasteiger partial charge in [-0.05, 0) is 127 Å². The van der Waals surface area contributed by atoms with Gasteiger partial charge in [0.15, 0.2) is 12.6 Å². The zero-order chi connectivity index (χ0) is 50.3. The number of rotatable bonds is 10. The SMILES string of the molecule is CC(=O)N[C@H]1[C@H](O[C@H]2CC[C@]3(C)[C@H]4CC=C5[C@@H]6CC(C)(C)CC[C@]6(C(=O)OCc6cn(-c7cccc(C#N)c7)nn6)CC[C@@]5(C)[C@]4(C)CC[C@H]3C2(C)C)O[C@H](CO[C@@H]2OC[C@H](O)[C@H](O)[C@@H]2O)[C@@H](O)[C@@H]1O. The Morgan fingerprint density at radius 1 is 0.914 bits per heavy atom. The first-order valence-electron chi connectivity index (χ1n) is 25.5. The number of carbonyl (C=O) groups is 2. The minimum absolute atomic E-state index is 0.0162. The second-order valence-corrected chi connectivity index (χ2v) is 24.1. The van der Waals surface area contributed by atoms with Gasteiger partial charge >= 0.3 is 5.97 Å². The summed E-state index contributed by atoms with van der Waals surface area (Å²) in [5.41, 5.74) is 1.98. The van der Waals surface area contributed by atoms with Gasteiger partial charge in [-0.1, -0.05) is 71.4 Å². The number of nitrogens with zero attached hydrogens (tertiary/aromatic N) is 4. The molecule has 1 aromatic carbocycles. The molecule has 4 saturated carbocycles. The average Bonchev–Trinajstić information content (AvgIpc) is 3.80. The highest BCUT2D eigenvalue weighted by atomic mass is 16.7. The van der Waals surface area contributed by atoms with Gasteiger partial charge < -0.3 is 54.5 Å². The summed E-state index contributed by atoms with van der Waals surface area (Å²) in [6.45, 7) is 17.4. The maximum absolute atomic E-state index is 14.7. The molecule has 0 spiro atoms. The van der Waals surface area contributed by atoms with Gasteiger partial charge in [0.05, 0.1) is 48.2 Å². The van der Waals surface area contributed by atoms with E-state index in [9.17, 15) is 40.4 Å². The average molecular weight is 974 g/mol. The van der Waals surface area contributed by atoms with E-state index >= 15 is 0 Å². The summed E-state index contributed by atoms with van der Waals surface area (Å²) in [6, 6.07) is 8.20. The minimum atomic E-state index is -1.55. The number of esters is 1. The predicted molar refractivity (Wildman–Crippen MR) is 252 cm³/mol. The third-order valence-corrected chi connectivity index (χ3v) is 19.4. The third kappa shape index (κ3) is 8.54. The number of aliphatic hydroxyl groups excluding tert-OH is 5. The first kappa shape index (κ1) is 51.1. The normalized spacial score (nSPS) is 42.9. The van der Waals surface area contributed by atoms with Crippen molar-refractivity contribution < 1.29 is 58.8 Å². The number of carbonyl (C=O) groups excluding carboxylic acids is 2. The summed E-state index contributed by atoms with van der Waals surface area (Å²) in [5, 5.41) is 73.9. The van der Waals surface area contributed by atoms with Gasteiger partial charge in [-0.25, -0.2) is 4.68 Å². The molecule has 1 aromatic heterocycles. The molecular formula is C53H75N5O12. The summed E-state index contributed by atoms with van der Waals surface area (Å²) in [4.78, 5) is 27.2. The van der Waals surface area contributed by atoms with Crippen molar-refractivity contribution in [1.29, 1.82) is 5.26 Å². The molecule has 17 heteroatoms. The highest BCUT2D eigenvalue weighted by molar-refractivity contribution is 5.79. The number of nitriles is 1. The molecule has 2 saturated heterocycles. The molecule has 3 heterocycles. The van der Waals surface area contributed by atoms with Gasteiger partial charge in [-0.15, -0.1) is 5.10 Å². The molecule has 7 aliphatic rings. The molecule has 17 atom stereocenters. The van der Waals surface area contributed by atoms with Gasteiger partial charge in [0, 0.05) is 6.92 Å². The monoisotopic (exact) mass is 974 g/mol. The molecule has 2 aromatic rings.